The Labute approximate surface area is 168 Å². The van der Waals surface area contributed by atoms with Gasteiger partial charge in [-0.1, -0.05) is 44.7 Å². The standard InChI is InChI=1S/C15H19N3OS.C5H5NO2/c1-15(2,3)11-5-7-12(8-6-11)19-9-13-16-10-17-14(18-13)20-4;6-5(7)4-1-2-8-3-4/h5-8,10H,9H2,1-4H3;1-3H,(H2,6,7). The van der Waals surface area contributed by atoms with Crippen LogP contribution in [0.4, 0.5) is 0 Å². The fourth-order valence-electron chi connectivity index (χ4n) is 2.08. The van der Waals surface area contributed by atoms with Gasteiger partial charge >= 0.3 is 0 Å². The van der Waals surface area contributed by atoms with Gasteiger partial charge in [-0.05, 0) is 35.4 Å². The predicted molar refractivity (Wildman–Crippen MR) is 108 cm³/mol. The van der Waals surface area contributed by atoms with Crippen molar-refractivity contribution >= 4 is 17.7 Å². The first-order valence-corrected chi connectivity index (χ1v) is 9.79. The Bertz CT molecular complexity index is 875. The van der Waals surface area contributed by atoms with Crippen molar-refractivity contribution in [1.82, 2.24) is 15.0 Å². The molecule has 2 heterocycles. The summed E-state index contributed by atoms with van der Waals surface area (Å²) < 4.78 is 10.3. The second-order valence-electron chi connectivity index (χ2n) is 6.83. The van der Waals surface area contributed by atoms with Crippen molar-refractivity contribution in [2.24, 2.45) is 5.73 Å². The number of nitrogens with two attached hydrogens (primary N) is 1. The number of rotatable bonds is 5. The minimum atomic E-state index is -0.459. The molecule has 0 bridgehead atoms. The molecule has 0 unspecified atom stereocenters. The third kappa shape index (κ3) is 6.70. The molecule has 3 rings (SSSR count). The van der Waals surface area contributed by atoms with E-state index in [1.807, 2.05) is 18.4 Å². The van der Waals surface area contributed by atoms with Crippen LogP contribution in [-0.4, -0.2) is 27.1 Å². The number of amides is 1. The van der Waals surface area contributed by atoms with E-state index in [0.717, 1.165) is 5.75 Å². The third-order valence-corrected chi connectivity index (χ3v) is 4.24. The number of ether oxygens (including phenoxy) is 1. The van der Waals surface area contributed by atoms with Gasteiger partial charge in [-0.3, -0.25) is 4.79 Å². The van der Waals surface area contributed by atoms with E-state index in [2.05, 4.69) is 52.3 Å². The average Bonchev–Trinajstić information content (AvgIpc) is 3.22. The normalized spacial score (nSPS) is 10.7. The van der Waals surface area contributed by atoms with E-state index in [-0.39, 0.29) is 5.41 Å². The fraction of sp³-hybridized carbons (Fsp3) is 0.300. The van der Waals surface area contributed by atoms with Crippen LogP contribution in [-0.2, 0) is 12.0 Å². The molecule has 1 amide bonds. The second kappa shape index (κ2) is 9.89. The molecule has 1 aromatic carbocycles. The smallest absolute Gasteiger partial charge is 0.251 e. The van der Waals surface area contributed by atoms with Crippen LogP contribution in [0.15, 0.2) is 58.8 Å². The highest BCUT2D eigenvalue weighted by atomic mass is 32.2. The summed E-state index contributed by atoms with van der Waals surface area (Å²) in [6, 6.07) is 9.67. The lowest BCUT2D eigenvalue weighted by atomic mass is 9.87. The van der Waals surface area contributed by atoms with Gasteiger partial charge in [-0.25, -0.2) is 15.0 Å². The summed E-state index contributed by atoms with van der Waals surface area (Å²) in [5.41, 5.74) is 6.71. The lowest BCUT2D eigenvalue weighted by Crippen LogP contribution is -2.10. The maximum Gasteiger partial charge on any atom is 0.251 e. The van der Waals surface area contributed by atoms with Gasteiger partial charge in [0.1, 0.15) is 24.9 Å². The summed E-state index contributed by atoms with van der Waals surface area (Å²) in [6.07, 6.45) is 6.16. The zero-order chi connectivity index (χ0) is 20.6. The van der Waals surface area contributed by atoms with E-state index in [9.17, 15) is 4.79 Å². The topological polar surface area (TPSA) is 104 Å². The van der Waals surface area contributed by atoms with Crippen molar-refractivity contribution in [2.45, 2.75) is 37.9 Å². The Morgan fingerprint density at radius 2 is 1.89 bits per heavy atom. The molecule has 0 saturated heterocycles. The van der Waals surface area contributed by atoms with E-state index in [1.54, 1.807) is 0 Å². The summed E-state index contributed by atoms with van der Waals surface area (Å²) in [5.74, 6) is 1.01. The molecule has 3 aromatic rings. The van der Waals surface area contributed by atoms with Crippen LogP contribution in [0.2, 0.25) is 0 Å². The lowest BCUT2D eigenvalue weighted by Gasteiger charge is -2.19. The van der Waals surface area contributed by atoms with E-state index in [1.165, 1.54) is 42.2 Å². The molecule has 148 valence electrons. The summed E-state index contributed by atoms with van der Waals surface area (Å²) in [6.45, 7) is 6.93. The van der Waals surface area contributed by atoms with Crippen LogP contribution >= 0.6 is 11.8 Å². The third-order valence-electron chi connectivity index (χ3n) is 3.68. The Balaban J connectivity index is 0.000000292. The van der Waals surface area contributed by atoms with Gasteiger partial charge in [-0.2, -0.15) is 0 Å². The maximum atomic E-state index is 10.2. The summed E-state index contributed by atoms with van der Waals surface area (Å²) in [4.78, 5) is 22.6. The number of aromatic nitrogens is 3. The predicted octanol–water partition coefficient (Wildman–Crippen LogP) is 3.85. The van der Waals surface area contributed by atoms with Gasteiger partial charge < -0.3 is 14.9 Å². The molecule has 0 aliphatic rings. The van der Waals surface area contributed by atoms with Gasteiger partial charge in [-0.15, -0.1) is 0 Å². The molecule has 8 heteroatoms. The first-order chi connectivity index (χ1) is 13.3. The zero-order valence-electron chi connectivity index (χ0n) is 16.4. The summed E-state index contributed by atoms with van der Waals surface area (Å²) in [5, 5.41) is 0.710. The van der Waals surface area contributed by atoms with Crippen molar-refractivity contribution in [1.29, 1.82) is 0 Å². The van der Waals surface area contributed by atoms with Gasteiger partial charge in [0, 0.05) is 0 Å². The van der Waals surface area contributed by atoms with E-state index < -0.39 is 5.91 Å². The Morgan fingerprint density at radius 1 is 1.18 bits per heavy atom. The molecular formula is C20H24N4O3S. The molecule has 2 aromatic heterocycles. The second-order valence-corrected chi connectivity index (χ2v) is 7.60. The van der Waals surface area contributed by atoms with E-state index >= 15 is 0 Å². The van der Waals surface area contributed by atoms with Crippen molar-refractivity contribution in [3.63, 3.8) is 0 Å². The van der Waals surface area contributed by atoms with Crippen LogP contribution < -0.4 is 10.5 Å². The van der Waals surface area contributed by atoms with Crippen molar-refractivity contribution in [2.75, 3.05) is 6.26 Å². The van der Waals surface area contributed by atoms with Crippen molar-refractivity contribution in [3.8, 4) is 5.75 Å². The molecule has 0 fully saturated rings. The van der Waals surface area contributed by atoms with E-state index in [4.69, 9.17) is 10.5 Å². The van der Waals surface area contributed by atoms with Crippen molar-refractivity contribution in [3.05, 3.63) is 66.1 Å². The average molecular weight is 401 g/mol. The molecule has 7 nitrogen and oxygen atoms in total. The number of hydrogen-bond donors (Lipinski definition) is 1. The largest absolute Gasteiger partial charge is 0.486 e. The van der Waals surface area contributed by atoms with E-state index in [0.29, 0.717) is 23.2 Å². The highest BCUT2D eigenvalue weighted by Gasteiger charge is 2.13. The summed E-state index contributed by atoms with van der Waals surface area (Å²) >= 11 is 1.49. The molecule has 0 saturated carbocycles. The number of benzene rings is 1. The Hall–Kier alpha value is -2.87. The fourth-order valence-corrected chi connectivity index (χ4v) is 2.43. The Kier molecular flexibility index (Phi) is 7.57. The number of primary amides is 1. The molecular weight excluding hydrogens is 376 g/mol. The first-order valence-electron chi connectivity index (χ1n) is 8.57. The lowest BCUT2D eigenvalue weighted by molar-refractivity contribution is 0.0999. The number of carbonyl (C=O) groups is 1. The molecule has 0 aliphatic carbocycles. The molecule has 0 aliphatic heterocycles. The summed E-state index contributed by atoms with van der Waals surface area (Å²) in [7, 11) is 0. The molecule has 0 spiro atoms. The van der Waals surface area contributed by atoms with Crippen LogP contribution in [0, 0.1) is 0 Å². The molecule has 2 N–H and O–H groups in total. The molecule has 28 heavy (non-hydrogen) atoms. The van der Waals surface area contributed by atoms with Gasteiger partial charge in [0.25, 0.3) is 5.91 Å². The van der Waals surface area contributed by atoms with Gasteiger partial charge in [0.2, 0.25) is 0 Å². The zero-order valence-corrected chi connectivity index (χ0v) is 17.2. The van der Waals surface area contributed by atoms with Crippen LogP contribution in [0.1, 0.15) is 42.5 Å². The Morgan fingerprint density at radius 3 is 2.39 bits per heavy atom. The maximum absolute atomic E-state index is 10.2. The van der Waals surface area contributed by atoms with Crippen LogP contribution in [0.3, 0.4) is 0 Å². The minimum Gasteiger partial charge on any atom is -0.486 e. The number of nitrogens with zero attached hydrogens (tertiary/aromatic N) is 3. The first kappa shape index (κ1) is 21.4. The number of carbonyl (C=O) groups excluding carboxylic acids is 1. The SMILES string of the molecule is CSc1ncnc(COc2ccc(C(C)(C)C)cc2)n1.NC(=O)c1ccoc1. The van der Waals surface area contributed by atoms with Gasteiger partial charge in [0.05, 0.1) is 11.8 Å². The number of thioether (sulfide) groups is 1. The number of hydrogen-bond acceptors (Lipinski definition) is 7. The minimum absolute atomic E-state index is 0.153. The van der Waals surface area contributed by atoms with Crippen LogP contribution in [0.25, 0.3) is 0 Å². The molecule has 0 radical (unpaired) electrons. The monoisotopic (exact) mass is 400 g/mol. The van der Waals surface area contributed by atoms with Gasteiger partial charge in [0.15, 0.2) is 11.0 Å². The highest BCUT2D eigenvalue weighted by Crippen LogP contribution is 2.24. The highest BCUT2D eigenvalue weighted by molar-refractivity contribution is 7.98. The molecule has 0 atom stereocenters. The van der Waals surface area contributed by atoms with Crippen molar-refractivity contribution < 1.29 is 13.9 Å². The number of furan rings is 1. The quantitative estimate of drug-likeness (QED) is 0.649. The van der Waals surface area contributed by atoms with Crippen LogP contribution in [0.5, 0.6) is 5.75 Å².